The van der Waals surface area contributed by atoms with Crippen LogP contribution in [0.25, 0.3) is 103 Å². The predicted octanol–water partition coefficient (Wildman–Crippen LogP) is 12.6. The lowest BCUT2D eigenvalue weighted by Crippen LogP contribution is -1.93. The van der Waals surface area contributed by atoms with Gasteiger partial charge in [-0.2, -0.15) is 0 Å². The molecule has 7 aromatic carbocycles. The summed E-state index contributed by atoms with van der Waals surface area (Å²) in [7, 11) is 0. The quantitative estimate of drug-likeness (QED) is 0.196. The third-order valence-electron chi connectivity index (χ3n) is 9.60. The van der Waals surface area contributed by atoms with Crippen LogP contribution in [0.2, 0.25) is 0 Å². The maximum atomic E-state index is 6.29. The van der Waals surface area contributed by atoms with Gasteiger partial charge in [0.05, 0.1) is 11.0 Å². The maximum Gasteiger partial charge on any atom is 0.136 e. The Labute approximate surface area is 266 Å². The highest BCUT2D eigenvalue weighted by atomic mass is 32.1. The molecule has 0 aliphatic rings. The number of para-hydroxylation sites is 3. The summed E-state index contributed by atoms with van der Waals surface area (Å²) >= 11 is 1.87. The number of aromatic nitrogens is 1. The molecule has 0 fully saturated rings. The van der Waals surface area contributed by atoms with E-state index in [0.29, 0.717) is 0 Å². The Bertz CT molecular complexity index is 3040. The Hall–Kier alpha value is -5.84. The molecule has 0 saturated carbocycles. The molecule has 0 spiro atoms. The minimum Gasteiger partial charge on any atom is -0.456 e. The van der Waals surface area contributed by atoms with Crippen LogP contribution in [0.15, 0.2) is 148 Å². The van der Waals surface area contributed by atoms with Crippen molar-refractivity contribution in [3.63, 3.8) is 0 Å². The molecule has 4 heterocycles. The topological polar surface area (TPSA) is 31.2 Å². The molecule has 11 aromatic rings. The van der Waals surface area contributed by atoms with Crippen LogP contribution < -0.4 is 0 Å². The highest BCUT2D eigenvalue weighted by Gasteiger charge is 2.18. The van der Waals surface area contributed by atoms with Crippen molar-refractivity contribution in [1.82, 2.24) is 4.57 Å². The number of hydrogen-bond donors (Lipinski definition) is 0. The molecule has 0 N–H and O–H groups in total. The fourth-order valence-electron chi connectivity index (χ4n) is 7.51. The first kappa shape index (κ1) is 24.5. The summed E-state index contributed by atoms with van der Waals surface area (Å²) < 4.78 is 17.4. The van der Waals surface area contributed by atoms with E-state index in [1.807, 2.05) is 35.6 Å². The number of benzene rings is 7. The number of rotatable bonds is 2. The molecule has 0 aliphatic heterocycles. The van der Waals surface area contributed by atoms with Gasteiger partial charge >= 0.3 is 0 Å². The van der Waals surface area contributed by atoms with Gasteiger partial charge in [-0.1, -0.05) is 84.9 Å². The highest BCUT2D eigenvalue weighted by Crippen LogP contribution is 2.43. The third kappa shape index (κ3) is 3.26. The van der Waals surface area contributed by atoms with Gasteiger partial charge < -0.3 is 13.4 Å². The van der Waals surface area contributed by atoms with Crippen molar-refractivity contribution in [3.05, 3.63) is 140 Å². The lowest BCUT2D eigenvalue weighted by molar-refractivity contribution is 0.669. The first-order valence-corrected chi connectivity index (χ1v) is 16.3. The van der Waals surface area contributed by atoms with Crippen LogP contribution in [0, 0.1) is 0 Å². The van der Waals surface area contributed by atoms with Gasteiger partial charge in [0.25, 0.3) is 0 Å². The third-order valence-corrected chi connectivity index (χ3v) is 10.8. The van der Waals surface area contributed by atoms with E-state index in [0.717, 1.165) is 49.6 Å². The Balaban J connectivity index is 1.14. The average molecular weight is 606 g/mol. The summed E-state index contributed by atoms with van der Waals surface area (Å²) in [6, 6.07) is 50.0. The number of nitrogens with zero attached hydrogens (tertiary/aromatic N) is 1. The minimum atomic E-state index is 0.920. The van der Waals surface area contributed by atoms with Crippen LogP contribution in [0.1, 0.15) is 0 Å². The number of furan rings is 2. The molecule has 0 saturated heterocycles. The van der Waals surface area contributed by atoms with Gasteiger partial charge in [0.15, 0.2) is 0 Å². The lowest BCUT2D eigenvalue weighted by Gasteiger charge is -2.08. The molecule has 0 aliphatic carbocycles. The predicted molar refractivity (Wildman–Crippen MR) is 194 cm³/mol. The summed E-state index contributed by atoms with van der Waals surface area (Å²) in [5, 5.41) is 9.58. The van der Waals surface area contributed by atoms with Crippen molar-refractivity contribution in [3.8, 4) is 16.8 Å². The fourth-order valence-corrected chi connectivity index (χ4v) is 8.78. The first-order chi connectivity index (χ1) is 22.8. The second-order valence-corrected chi connectivity index (χ2v) is 13.1. The van der Waals surface area contributed by atoms with Crippen molar-refractivity contribution >= 4 is 97.2 Å². The zero-order valence-electron chi connectivity index (χ0n) is 24.5. The smallest absolute Gasteiger partial charge is 0.136 e. The van der Waals surface area contributed by atoms with Crippen LogP contribution >= 0.6 is 11.3 Å². The van der Waals surface area contributed by atoms with Crippen LogP contribution in [0.4, 0.5) is 0 Å². The molecule has 4 heteroatoms. The second kappa shape index (κ2) is 8.87. The summed E-state index contributed by atoms with van der Waals surface area (Å²) in [5.74, 6) is 0. The van der Waals surface area contributed by atoms with E-state index in [2.05, 4.69) is 120 Å². The van der Waals surface area contributed by atoms with Gasteiger partial charge in [0.1, 0.15) is 22.3 Å². The largest absolute Gasteiger partial charge is 0.456 e. The molecule has 4 aromatic heterocycles. The van der Waals surface area contributed by atoms with Crippen LogP contribution in [-0.2, 0) is 0 Å². The first-order valence-electron chi connectivity index (χ1n) is 15.5. The molecule has 46 heavy (non-hydrogen) atoms. The molecule has 0 radical (unpaired) electrons. The molecule has 3 nitrogen and oxygen atoms in total. The Morgan fingerprint density at radius 3 is 1.96 bits per heavy atom. The molecule has 11 rings (SSSR count). The molecular formula is C42H23NO2S. The van der Waals surface area contributed by atoms with Gasteiger partial charge in [-0.05, 0) is 65.7 Å². The van der Waals surface area contributed by atoms with E-state index < -0.39 is 0 Å². The Morgan fingerprint density at radius 1 is 0.413 bits per heavy atom. The SMILES string of the molecule is c1ccc2c(c1)oc1ccc(-c3cccc4c3sc3cc(-n5c6ccccc6c6cc7oc8ccccc8c7cc65)ccc34)cc12. The van der Waals surface area contributed by atoms with Crippen molar-refractivity contribution in [2.75, 3.05) is 0 Å². The molecule has 214 valence electrons. The van der Waals surface area contributed by atoms with Gasteiger partial charge in [0, 0.05) is 58.2 Å². The fraction of sp³-hybridized carbons (Fsp3) is 0. The van der Waals surface area contributed by atoms with E-state index in [4.69, 9.17) is 8.83 Å². The number of thiophene rings is 1. The standard InChI is InChI=1S/C42H23NO2S/c1-4-13-35-27(8-1)32-23-40-34(29-10-3-6-15-38(29)45-40)22-36(32)43(35)25-17-18-30-31-12-7-11-26(42(31)46-41(30)21-25)24-16-19-39-33(20-24)28-9-2-5-14-37(28)44-39/h1-23H. The Kier molecular flexibility index (Phi) is 4.72. The number of fused-ring (bicyclic) bond motifs is 12. The molecule has 0 atom stereocenters. The summed E-state index contributed by atoms with van der Waals surface area (Å²) in [4.78, 5) is 0. The van der Waals surface area contributed by atoms with Crippen molar-refractivity contribution in [2.45, 2.75) is 0 Å². The van der Waals surface area contributed by atoms with Crippen LogP contribution in [-0.4, -0.2) is 4.57 Å². The monoisotopic (exact) mass is 605 g/mol. The van der Waals surface area contributed by atoms with E-state index in [1.54, 1.807) is 0 Å². The lowest BCUT2D eigenvalue weighted by atomic mass is 10.0. The van der Waals surface area contributed by atoms with Crippen molar-refractivity contribution < 1.29 is 8.83 Å². The molecular weight excluding hydrogens is 583 g/mol. The zero-order chi connectivity index (χ0) is 29.9. The van der Waals surface area contributed by atoms with Gasteiger partial charge in [-0.25, -0.2) is 0 Å². The van der Waals surface area contributed by atoms with Crippen LogP contribution in [0.5, 0.6) is 0 Å². The molecule has 0 amide bonds. The normalized spacial score (nSPS) is 12.3. The zero-order valence-corrected chi connectivity index (χ0v) is 25.3. The summed E-state index contributed by atoms with van der Waals surface area (Å²) in [5.41, 5.74) is 9.67. The Morgan fingerprint density at radius 2 is 1.11 bits per heavy atom. The summed E-state index contributed by atoms with van der Waals surface area (Å²) in [6.07, 6.45) is 0. The average Bonchev–Trinajstić information content (AvgIpc) is 3.85. The summed E-state index contributed by atoms with van der Waals surface area (Å²) in [6.45, 7) is 0. The van der Waals surface area contributed by atoms with E-state index >= 15 is 0 Å². The van der Waals surface area contributed by atoms with E-state index in [9.17, 15) is 0 Å². The van der Waals surface area contributed by atoms with Gasteiger partial charge in [0.2, 0.25) is 0 Å². The molecule has 0 bridgehead atoms. The number of hydrogen-bond acceptors (Lipinski definition) is 3. The minimum absolute atomic E-state index is 0.920. The second-order valence-electron chi connectivity index (χ2n) is 12.1. The van der Waals surface area contributed by atoms with Crippen molar-refractivity contribution in [2.24, 2.45) is 0 Å². The van der Waals surface area contributed by atoms with Crippen molar-refractivity contribution in [1.29, 1.82) is 0 Å². The highest BCUT2D eigenvalue weighted by molar-refractivity contribution is 7.26. The van der Waals surface area contributed by atoms with Gasteiger partial charge in [-0.15, -0.1) is 11.3 Å². The van der Waals surface area contributed by atoms with E-state index in [-0.39, 0.29) is 0 Å². The molecule has 0 unspecified atom stereocenters. The van der Waals surface area contributed by atoms with Gasteiger partial charge in [-0.3, -0.25) is 0 Å². The van der Waals surface area contributed by atoms with Crippen LogP contribution in [0.3, 0.4) is 0 Å². The maximum absolute atomic E-state index is 6.29. The van der Waals surface area contributed by atoms with E-state index in [1.165, 1.54) is 53.1 Å².